The molecule has 0 aliphatic carbocycles. The lowest BCUT2D eigenvalue weighted by Gasteiger charge is -2.17. The van der Waals surface area contributed by atoms with E-state index < -0.39 is 0 Å². The smallest absolute Gasteiger partial charge is 0.133 e. The summed E-state index contributed by atoms with van der Waals surface area (Å²) in [7, 11) is 0. The highest BCUT2D eigenvalue weighted by molar-refractivity contribution is 6.10. The first-order valence-corrected chi connectivity index (χ1v) is 13.5. The van der Waals surface area contributed by atoms with Gasteiger partial charge in [0.05, 0.1) is 33.3 Å². The minimum Gasteiger partial charge on any atom is -0.309 e. The lowest BCUT2D eigenvalue weighted by atomic mass is 9.98. The number of rotatable bonds is 3. The summed E-state index contributed by atoms with van der Waals surface area (Å²) in [5.41, 5.74) is 7.16. The van der Waals surface area contributed by atoms with E-state index in [0.717, 1.165) is 38.5 Å². The highest BCUT2D eigenvalue weighted by atomic mass is 19.1. The molecule has 41 heavy (non-hydrogen) atoms. The molecule has 0 bridgehead atoms. The Kier molecular flexibility index (Phi) is 5.07. The van der Waals surface area contributed by atoms with E-state index in [2.05, 4.69) is 59.2 Å². The van der Waals surface area contributed by atoms with E-state index in [0.29, 0.717) is 22.4 Å². The molecule has 2 heterocycles. The highest BCUT2D eigenvalue weighted by Gasteiger charge is 2.22. The predicted octanol–water partition coefficient (Wildman–Crippen LogP) is 9.56. The second kappa shape index (κ2) is 8.94. The van der Waals surface area contributed by atoms with E-state index in [-0.39, 0.29) is 5.82 Å². The number of nitriles is 1. The fraction of sp³-hybridized carbons (Fsp3) is 0. The summed E-state index contributed by atoms with van der Waals surface area (Å²) in [6.07, 6.45) is 0. The third-order valence-electron chi connectivity index (χ3n) is 8.05. The molecule has 3 nitrogen and oxygen atoms in total. The van der Waals surface area contributed by atoms with Gasteiger partial charge in [-0.25, -0.2) is 4.39 Å². The van der Waals surface area contributed by atoms with Gasteiger partial charge in [0.25, 0.3) is 0 Å². The van der Waals surface area contributed by atoms with Crippen LogP contribution in [-0.2, 0) is 0 Å². The topological polar surface area (TPSA) is 33.6 Å². The SMILES string of the molecule is N#Cc1ccc(F)c(-c2ccc(-n3c4ccccc4c4ccccc43)cc2)c1-n1c2ccccc2c2ccccc21. The molecule has 0 amide bonds. The molecule has 2 aromatic heterocycles. The summed E-state index contributed by atoms with van der Waals surface area (Å²) in [6, 6.07) is 46.2. The average Bonchev–Trinajstić information content (AvgIpc) is 3.54. The van der Waals surface area contributed by atoms with Crippen LogP contribution in [0.25, 0.3) is 66.1 Å². The maximum absolute atomic E-state index is 15.9. The Morgan fingerprint density at radius 1 is 0.488 bits per heavy atom. The predicted molar refractivity (Wildman–Crippen MR) is 165 cm³/mol. The van der Waals surface area contributed by atoms with Crippen molar-refractivity contribution < 1.29 is 4.39 Å². The molecule has 0 fully saturated rings. The molecule has 0 radical (unpaired) electrons. The van der Waals surface area contributed by atoms with Crippen molar-refractivity contribution in [3.8, 4) is 28.6 Å². The first-order valence-electron chi connectivity index (χ1n) is 13.5. The number of aromatic nitrogens is 2. The van der Waals surface area contributed by atoms with Crippen LogP contribution in [0.5, 0.6) is 0 Å². The molecular formula is C37H22FN3. The van der Waals surface area contributed by atoms with Gasteiger partial charge in [-0.1, -0.05) is 84.9 Å². The van der Waals surface area contributed by atoms with Crippen molar-refractivity contribution in [2.75, 3.05) is 0 Å². The van der Waals surface area contributed by atoms with Crippen molar-refractivity contribution in [2.45, 2.75) is 0 Å². The van der Waals surface area contributed by atoms with Gasteiger partial charge in [-0.3, -0.25) is 0 Å². The number of hydrogen-bond donors (Lipinski definition) is 0. The first kappa shape index (κ1) is 23.2. The molecule has 8 aromatic rings. The Morgan fingerprint density at radius 2 is 0.927 bits per heavy atom. The standard InChI is InChI=1S/C37H22FN3/c38-31-22-19-25(23-39)37(41-34-15-7-3-11-29(34)30-12-4-8-16-35(30)41)36(31)24-17-20-26(21-18-24)40-32-13-5-1-9-27(32)28-10-2-6-14-33(28)40/h1-22H. The maximum atomic E-state index is 15.9. The molecule has 8 rings (SSSR count). The van der Waals surface area contributed by atoms with Gasteiger partial charge in [-0.2, -0.15) is 5.26 Å². The Labute approximate surface area is 235 Å². The van der Waals surface area contributed by atoms with Crippen LogP contribution in [-0.4, -0.2) is 9.13 Å². The summed E-state index contributed by atoms with van der Waals surface area (Å²) >= 11 is 0. The molecular weight excluding hydrogens is 505 g/mol. The van der Waals surface area contributed by atoms with Gasteiger partial charge >= 0.3 is 0 Å². The molecule has 0 spiro atoms. The van der Waals surface area contributed by atoms with E-state index >= 15 is 4.39 Å². The van der Waals surface area contributed by atoms with Crippen LogP contribution in [0.15, 0.2) is 133 Å². The summed E-state index contributed by atoms with van der Waals surface area (Å²) in [6.45, 7) is 0. The van der Waals surface area contributed by atoms with E-state index in [1.54, 1.807) is 6.07 Å². The van der Waals surface area contributed by atoms with Crippen LogP contribution < -0.4 is 0 Å². The summed E-state index contributed by atoms with van der Waals surface area (Å²) in [4.78, 5) is 0. The number of para-hydroxylation sites is 4. The van der Waals surface area contributed by atoms with Gasteiger partial charge < -0.3 is 9.13 Å². The first-order chi connectivity index (χ1) is 20.2. The molecule has 0 aliphatic rings. The van der Waals surface area contributed by atoms with Crippen LogP contribution in [0.4, 0.5) is 4.39 Å². The molecule has 4 heteroatoms. The molecule has 192 valence electrons. The fourth-order valence-electron chi connectivity index (χ4n) is 6.30. The Morgan fingerprint density at radius 3 is 1.39 bits per heavy atom. The number of nitrogens with zero attached hydrogens (tertiary/aromatic N) is 3. The van der Waals surface area contributed by atoms with Gasteiger partial charge in [0.1, 0.15) is 11.9 Å². The van der Waals surface area contributed by atoms with Crippen molar-refractivity contribution in [1.29, 1.82) is 5.26 Å². The zero-order chi connectivity index (χ0) is 27.5. The lowest BCUT2D eigenvalue weighted by Crippen LogP contribution is -2.03. The third kappa shape index (κ3) is 3.36. The number of halogens is 1. The summed E-state index contributed by atoms with van der Waals surface area (Å²) < 4.78 is 20.2. The van der Waals surface area contributed by atoms with Crippen molar-refractivity contribution >= 4 is 43.6 Å². The second-order valence-electron chi connectivity index (χ2n) is 10.2. The lowest BCUT2D eigenvalue weighted by molar-refractivity contribution is 0.630. The van der Waals surface area contributed by atoms with Gasteiger partial charge in [0.2, 0.25) is 0 Å². The molecule has 0 N–H and O–H groups in total. The summed E-state index contributed by atoms with van der Waals surface area (Å²) in [5.74, 6) is -0.370. The molecule has 6 aromatic carbocycles. The Bertz CT molecular complexity index is 2230. The van der Waals surface area contributed by atoms with Crippen molar-refractivity contribution in [3.63, 3.8) is 0 Å². The minimum atomic E-state index is -0.370. The van der Waals surface area contributed by atoms with Gasteiger partial charge in [-0.05, 0) is 54.1 Å². The number of hydrogen-bond acceptors (Lipinski definition) is 1. The molecule has 0 aliphatic heterocycles. The molecule has 0 unspecified atom stereocenters. The molecule has 0 saturated carbocycles. The fourth-order valence-corrected chi connectivity index (χ4v) is 6.30. The zero-order valence-electron chi connectivity index (χ0n) is 21.9. The van der Waals surface area contributed by atoms with Gasteiger partial charge in [-0.15, -0.1) is 0 Å². The molecule has 0 saturated heterocycles. The van der Waals surface area contributed by atoms with E-state index in [1.807, 2.05) is 77.4 Å². The number of fused-ring (bicyclic) bond motifs is 6. The molecule has 0 atom stereocenters. The second-order valence-corrected chi connectivity index (χ2v) is 10.2. The highest BCUT2D eigenvalue weighted by Crippen LogP contribution is 2.40. The Hall–Kier alpha value is -5.66. The quantitative estimate of drug-likeness (QED) is 0.225. The van der Waals surface area contributed by atoms with E-state index in [4.69, 9.17) is 0 Å². The van der Waals surface area contributed by atoms with Crippen molar-refractivity contribution in [1.82, 2.24) is 9.13 Å². The van der Waals surface area contributed by atoms with Crippen LogP contribution in [0.1, 0.15) is 5.56 Å². The maximum Gasteiger partial charge on any atom is 0.133 e. The van der Waals surface area contributed by atoms with E-state index in [1.165, 1.54) is 16.8 Å². The van der Waals surface area contributed by atoms with E-state index in [9.17, 15) is 5.26 Å². The van der Waals surface area contributed by atoms with Crippen LogP contribution in [0, 0.1) is 17.1 Å². The van der Waals surface area contributed by atoms with Crippen molar-refractivity contribution in [3.05, 3.63) is 145 Å². The normalized spacial score (nSPS) is 11.5. The van der Waals surface area contributed by atoms with Crippen LogP contribution >= 0.6 is 0 Å². The number of benzene rings is 6. The zero-order valence-corrected chi connectivity index (χ0v) is 21.9. The van der Waals surface area contributed by atoms with Crippen LogP contribution in [0.3, 0.4) is 0 Å². The average molecular weight is 528 g/mol. The minimum absolute atomic E-state index is 0.370. The monoisotopic (exact) mass is 527 g/mol. The van der Waals surface area contributed by atoms with Crippen LogP contribution in [0.2, 0.25) is 0 Å². The Balaban J connectivity index is 1.38. The largest absolute Gasteiger partial charge is 0.309 e. The van der Waals surface area contributed by atoms with Gasteiger partial charge in [0, 0.05) is 32.8 Å². The third-order valence-corrected chi connectivity index (χ3v) is 8.05. The van der Waals surface area contributed by atoms with Gasteiger partial charge in [0.15, 0.2) is 0 Å². The summed E-state index contributed by atoms with van der Waals surface area (Å²) in [5, 5.41) is 14.7. The van der Waals surface area contributed by atoms with Crippen molar-refractivity contribution in [2.24, 2.45) is 0 Å².